The van der Waals surface area contributed by atoms with Gasteiger partial charge in [0.1, 0.15) is 11.6 Å². The molecule has 2 aromatic rings. The van der Waals surface area contributed by atoms with Gasteiger partial charge in [-0.25, -0.2) is 4.39 Å². The van der Waals surface area contributed by atoms with Crippen LogP contribution in [0.25, 0.3) is 0 Å². The molecule has 0 unspecified atom stereocenters. The molecule has 0 saturated carbocycles. The summed E-state index contributed by atoms with van der Waals surface area (Å²) in [5.41, 5.74) is 0.861. The van der Waals surface area contributed by atoms with Gasteiger partial charge in [0.25, 0.3) is 5.91 Å². The molecule has 0 radical (unpaired) electrons. The van der Waals surface area contributed by atoms with Gasteiger partial charge in [-0.3, -0.25) is 4.79 Å². The topological polar surface area (TPSA) is 42.2 Å². The van der Waals surface area contributed by atoms with Crippen LogP contribution >= 0.6 is 0 Å². The van der Waals surface area contributed by atoms with Gasteiger partial charge in [0.15, 0.2) is 0 Å². The first-order valence-corrected chi connectivity index (χ1v) is 5.73. The summed E-state index contributed by atoms with van der Waals surface area (Å²) in [7, 11) is 0. The lowest BCUT2D eigenvalue weighted by Gasteiger charge is -2.05. The lowest BCUT2D eigenvalue weighted by Crippen LogP contribution is -2.26. The van der Waals surface area contributed by atoms with Crippen LogP contribution in [0.4, 0.5) is 4.39 Å². The zero-order valence-electron chi connectivity index (χ0n) is 10.1. The van der Waals surface area contributed by atoms with Gasteiger partial charge in [0, 0.05) is 13.0 Å². The lowest BCUT2D eigenvalue weighted by molar-refractivity contribution is 0.0949. The average molecular weight is 247 g/mol. The van der Waals surface area contributed by atoms with E-state index in [-0.39, 0.29) is 5.56 Å². The van der Waals surface area contributed by atoms with Crippen LogP contribution in [0.1, 0.15) is 21.7 Å². The van der Waals surface area contributed by atoms with Gasteiger partial charge in [-0.15, -0.1) is 0 Å². The molecule has 0 bridgehead atoms. The van der Waals surface area contributed by atoms with Crippen molar-refractivity contribution in [3.05, 3.63) is 59.3 Å². The number of rotatable bonds is 4. The Hall–Kier alpha value is -2.10. The molecule has 1 amide bonds. The summed E-state index contributed by atoms with van der Waals surface area (Å²) in [5, 5.41) is 2.66. The number of aryl methyl sites for hydroxylation is 1. The van der Waals surface area contributed by atoms with Crippen molar-refractivity contribution in [1.29, 1.82) is 0 Å². The SMILES string of the molecule is Cc1ccc(C(=O)NCCc2ccco2)c(F)c1. The van der Waals surface area contributed by atoms with Crippen LogP contribution in [0.3, 0.4) is 0 Å². The summed E-state index contributed by atoms with van der Waals surface area (Å²) in [6.45, 7) is 2.20. The minimum Gasteiger partial charge on any atom is -0.469 e. The van der Waals surface area contributed by atoms with Crippen molar-refractivity contribution in [2.45, 2.75) is 13.3 Å². The standard InChI is InChI=1S/C14H14FNO2/c1-10-4-5-12(13(15)9-10)14(17)16-7-6-11-3-2-8-18-11/h2-5,8-9H,6-7H2,1H3,(H,16,17). The number of benzene rings is 1. The maximum absolute atomic E-state index is 13.5. The third kappa shape index (κ3) is 2.97. The van der Waals surface area contributed by atoms with Gasteiger partial charge in [-0.1, -0.05) is 6.07 Å². The number of hydrogen-bond acceptors (Lipinski definition) is 2. The molecule has 1 N–H and O–H groups in total. The van der Waals surface area contributed by atoms with Crippen LogP contribution < -0.4 is 5.32 Å². The second-order valence-corrected chi connectivity index (χ2v) is 4.07. The second kappa shape index (κ2) is 5.49. The van der Waals surface area contributed by atoms with Gasteiger partial charge >= 0.3 is 0 Å². The largest absolute Gasteiger partial charge is 0.469 e. The molecule has 18 heavy (non-hydrogen) atoms. The molecule has 0 aliphatic carbocycles. The van der Waals surface area contributed by atoms with Crippen molar-refractivity contribution < 1.29 is 13.6 Å². The van der Waals surface area contributed by atoms with Gasteiger partial charge < -0.3 is 9.73 Å². The maximum Gasteiger partial charge on any atom is 0.254 e. The van der Waals surface area contributed by atoms with Crippen molar-refractivity contribution in [2.24, 2.45) is 0 Å². The zero-order valence-corrected chi connectivity index (χ0v) is 10.1. The zero-order chi connectivity index (χ0) is 13.0. The van der Waals surface area contributed by atoms with E-state index in [1.807, 2.05) is 6.07 Å². The number of nitrogens with one attached hydrogen (secondary N) is 1. The van der Waals surface area contributed by atoms with Gasteiger partial charge in [0.05, 0.1) is 11.8 Å². The molecule has 0 fully saturated rings. The Bertz CT molecular complexity index is 535. The minimum absolute atomic E-state index is 0.0695. The van der Waals surface area contributed by atoms with E-state index in [0.29, 0.717) is 13.0 Å². The number of furan rings is 1. The molecule has 1 aromatic heterocycles. The highest BCUT2D eigenvalue weighted by molar-refractivity contribution is 5.94. The Balaban J connectivity index is 1.91. The molecule has 3 nitrogen and oxygen atoms in total. The predicted molar refractivity (Wildman–Crippen MR) is 65.9 cm³/mol. The number of halogens is 1. The fraction of sp³-hybridized carbons (Fsp3) is 0.214. The van der Waals surface area contributed by atoms with Gasteiger partial charge in [0.2, 0.25) is 0 Å². The summed E-state index contributed by atoms with van der Waals surface area (Å²) >= 11 is 0. The van der Waals surface area contributed by atoms with E-state index >= 15 is 0 Å². The van der Waals surface area contributed by atoms with Crippen molar-refractivity contribution in [2.75, 3.05) is 6.54 Å². The van der Waals surface area contributed by atoms with Gasteiger partial charge in [-0.2, -0.15) is 0 Å². The molecule has 0 saturated heterocycles. The third-order valence-electron chi connectivity index (χ3n) is 2.61. The normalized spacial score (nSPS) is 10.3. The van der Waals surface area contributed by atoms with E-state index in [0.717, 1.165) is 11.3 Å². The fourth-order valence-electron chi connectivity index (χ4n) is 1.65. The molecule has 1 aromatic carbocycles. The highest BCUT2D eigenvalue weighted by Crippen LogP contribution is 2.09. The van der Waals surface area contributed by atoms with Crippen LogP contribution in [0.2, 0.25) is 0 Å². The molecule has 2 rings (SSSR count). The first-order chi connectivity index (χ1) is 8.66. The van der Waals surface area contributed by atoms with E-state index in [4.69, 9.17) is 4.42 Å². The highest BCUT2D eigenvalue weighted by Gasteiger charge is 2.10. The summed E-state index contributed by atoms with van der Waals surface area (Å²) in [6, 6.07) is 8.17. The molecule has 0 spiro atoms. The molecule has 0 aliphatic rings. The van der Waals surface area contributed by atoms with E-state index in [9.17, 15) is 9.18 Å². The van der Waals surface area contributed by atoms with Crippen molar-refractivity contribution in [1.82, 2.24) is 5.32 Å². The molecular formula is C14H14FNO2. The van der Waals surface area contributed by atoms with Crippen molar-refractivity contribution in [3.8, 4) is 0 Å². The first kappa shape index (κ1) is 12.4. The number of amides is 1. The van der Waals surface area contributed by atoms with E-state index in [2.05, 4.69) is 5.32 Å². The smallest absolute Gasteiger partial charge is 0.254 e. The number of hydrogen-bond donors (Lipinski definition) is 1. The Morgan fingerprint density at radius 3 is 2.89 bits per heavy atom. The van der Waals surface area contributed by atoms with Crippen LogP contribution in [0, 0.1) is 12.7 Å². The number of carbonyl (C=O) groups is 1. The minimum atomic E-state index is -0.495. The van der Waals surface area contributed by atoms with E-state index in [1.54, 1.807) is 25.3 Å². The monoisotopic (exact) mass is 247 g/mol. The third-order valence-corrected chi connectivity index (χ3v) is 2.61. The van der Waals surface area contributed by atoms with Crippen LogP contribution in [-0.4, -0.2) is 12.5 Å². The molecule has 94 valence electrons. The average Bonchev–Trinajstić information content (AvgIpc) is 2.81. The van der Waals surface area contributed by atoms with E-state index < -0.39 is 11.7 Å². The summed E-state index contributed by atoms with van der Waals surface area (Å²) in [5.74, 6) is -0.107. The predicted octanol–water partition coefficient (Wildman–Crippen LogP) is 2.70. The maximum atomic E-state index is 13.5. The molecule has 0 aliphatic heterocycles. The quantitative estimate of drug-likeness (QED) is 0.902. The van der Waals surface area contributed by atoms with Crippen molar-refractivity contribution >= 4 is 5.91 Å². The van der Waals surface area contributed by atoms with Gasteiger partial charge in [-0.05, 0) is 36.8 Å². The molecule has 4 heteroatoms. The summed E-state index contributed by atoms with van der Waals surface area (Å²) < 4.78 is 18.7. The Morgan fingerprint density at radius 2 is 2.22 bits per heavy atom. The Morgan fingerprint density at radius 1 is 1.39 bits per heavy atom. The summed E-state index contributed by atoms with van der Waals surface area (Å²) in [6.07, 6.45) is 2.17. The number of carbonyl (C=O) groups excluding carboxylic acids is 1. The van der Waals surface area contributed by atoms with Crippen LogP contribution in [0.15, 0.2) is 41.0 Å². The molecule has 0 atom stereocenters. The summed E-state index contributed by atoms with van der Waals surface area (Å²) in [4.78, 5) is 11.7. The fourth-order valence-corrected chi connectivity index (χ4v) is 1.65. The van der Waals surface area contributed by atoms with Crippen LogP contribution in [-0.2, 0) is 6.42 Å². The Kier molecular flexibility index (Phi) is 3.77. The van der Waals surface area contributed by atoms with E-state index in [1.165, 1.54) is 12.1 Å². The first-order valence-electron chi connectivity index (χ1n) is 5.73. The highest BCUT2D eigenvalue weighted by atomic mass is 19.1. The Labute approximate surface area is 105 Å². The molecule has 1 heterocycles. The van der Waals surface area contributed by atoms with Crippen molar-refractivity contribution in [3.63, 3.8) is 0 Å². The van der Waals surface area contributed by atoms with Crippen LogP contribution in [0.5, 0.6) is 0 Å². The molecular weight excluding hydrogens is 233 g/mol. The second-order valence-electron chi connectivity index (χ2n) is 4.07. The lowest BCUT2D eigenvalue weighted by atomic mass is 10.1.